The van der Waals surface area contributed by atoms with Crippen LogP contribution < -0.4 is 0 Å². The van der Waals surface area contributed by atoms with Crippen LogP contribution in [0.4, 0.5) is 0 Å². The van der Waals surface area contributed by atoms with Crippen molar-refractivity contribution in [2.24, 2.45) is 0 Å². The Kier molecular flexibility index (Phi) is 10.4. The van der Waals surface area contributed by atoms with E-state index in [9.17, 15) is 10.4 Å². The van der Waals surface area contributed by atoms with Crippen molar-refractivity contribution < 1.29 is 18.8 Å². The number of ether oxygens (including phenoxy) is 2. The summed E-state index contributed by atoms with van der Waals surface area (Å²) in [6.45, 7) is 12.7. The second-order valence-electron chi connectivity index (χ2n) is 5.05. The smallest absolute Gasteiger partial charge is 0.102 e. The average Bonchev–Trinajstić information content (AvgIpc) is 2.49. The van der Waals surface area contributed by atoms with Gasteiger partial charge >= 0.3 is 0 Å². The Morgan fingerprint density at radius 2 is 0.900 bits per heavy atom. The van der Waals surface area contributed by atoms with Gasteiger partial charge in [0.15, 0.2) is 0 Å². The van der Waals surface area contributed by atoms with E-state index >= 15 is 0 Å². The molecule has 0 aromatic rings. The molecule has 0 heterocycles. The normalized spacial score (nSPS) is 12.9. The van der Waals surface area contributed by atoms with Crippen molar-refractivity contribution >= 4 is 0 Å². The average molecular weight is 292 g/mol. The standard InChI is InChI=1S/C14H32N2O4/c1-5-15(17,6-2)9-11-19-13-14-20-12-10-16(18,7-3)8-4/h5-14H2,1-4H3. The highest BCUT2D eigenvalue weighted by Crippen LogP contribution is 2.03. The van der Waals surface area contributed by atoms with Gasteiger partial charge in [-0.25, -0.2) is 0 Å². The Bertz CT molecular complexity index is 207. The molecule has 0 aliphatic carbocycles. The lowest BCUT2D eigenvalue weighted by atomic mass is 10.4. The summed E-state index contributed by atoms with van der Waals surface area (Å²) in [5, 5.41) is 23.9. The Morgan fingerprint density at radius 1 is 0.600 bits per heavy atom. The van der Waals surface area contributed by atoms with Gasteiger partial charge in [-0.15, -0.1) is 0 Å². The molecule has 0 saturated heterocycles. The highest BCUT2D eigenvalue weighted by molar-refractivity contribution is 4.42. The Labute approximate surface area is 123 Å². The summed E-state index contributed by atoms with van der Waals surface area (Å²) in [4.78, 5) is 0. The lowest BCUT2D eigenvalue weighted by Gasteiger charge is -2.41. The molecular weight excluding hydrogens is 260 g/mol. The van der Waals surface area contributed by atoms with Crippen LogP contribution in [0.2, 0.25) is 0 Å². The number of quaternary nitrogens is 2. The fourth-order valence-corrected chi connectivity index (χ4v) is 1.86. The Balaban J connectivity index is 3.50. The lowest BCUT2D eigenvalue weighted by molar-refractivity contribution is -0.877. The first-order chi connectivity index (χ1) is 9.45. The number of nitrogens with zero attached hydrogens (tertiary/aromatic N) is 2. The van der Waals surface area contributed by atoms with Crippen LogP contribution in [-0.4, -0.2) is 75.0 Å². The summed E-state index contributed by atoms with van der Waals surface area (Å²) in [6, 6.07) is 0. The summed E-state index contributed by atoms with van der Waals surface area (Å²) < 4.78 is 10.4. The van der Waals surface area contributed by atoms with Crippen LogP contribution in [0.15, 0.2) is 0 Å². The summed E-state index contributed by atoms with van der Waals surface area (Å²) >= 11 is 0. The van der Waals surface area contributed by atoms with E-state index in [1.807, 2.05) is 27.7 Å². The third-order valence-electron chi connectivity index (χ3n) is 3.96. The predicted molar refractivity (Wildman–Crippen MR) is 80.8 cm³/mol. The van der Waals surface area contributed by atoms with E-state index in [0.717, 1.165) is 0 Å². The third-order valence-corrected chi connectivity index (χ3v) is 3.96. The SMILES string of the molecule is CC[N+]([O-])(CC)CCOCCOCC[N+]([O-])(CC)CC. The fraction of sp³-hybridized carbons (Fsp3) is 1.00. The van der Waals surface area contributed by atoms with Crippen LogP contribution in [0.25, 0.3) is 0 Å². The molecule has 0 saturated carbocycles. The van der Waals surface area contributed by atoms with E-state index in [0.29, 0.717) is 65.7 Å². The molecular formula is C14H32N2O4. The molecule has 122 valence electrons. The Morgan fingerprint density at radius 3 is 1.15 bits per heavy atom. The van der Waals surface area contributed by atoms with Crippen LogP contribution in [0.1, 0.15) is 27.7 Å². The number of hydrogen-bond donors (Lipinski definition) is 0. The third kappa shape index (κ3) is 8.14. The van der Waals surface area contributed by atoms with Crippen LogP contribution in [0.5, 0.6) is 0 Å². The van der Waals surface area contributed by atoms with Crippen LogP contribution in [0.3, 0.4) is 0 Å². The molecule has 0 radical (unpaired) electrons. The quantitative estimate of drug-likeness (QED) is 0.294. The fourth-order valence-electron chi connectivity index (χ4n) is 1.86. The second-order valence-corrected chi connectivity index (χ2v) is 5.05. The molecule has 0 unspecified atom stereocenters. The molecule has 0 N–H and O–H groups in total. The highest BCUT2D eigenvalue weighted by Gasteiger charge is 2.11. The molecule has 0 spiro atoms. The van der Waals surface area contributed by atoms with Gasteiger partial charge in [-0.1, -0.05) is 0 Å². The van der Waals surface area contributed by atoms with E-state index in [-0.39, 0.29) is 9.29 Å². The Hall–Kier alpha value is -0.240. The second kappa shape index (κ2) is 10.5. The number of hydrogen-bond acceptors (Lipinski definition) is 4. The first-order valence-corrected chi connectivity index (χ1v) is 7.75. The molecule has 0 fully saturated rings. The van der Waals surface area contributed by atoms with Gasteiger partial charge in [0.05, 0.1) is 52.6 Å². The maximum absolute atomic E-state index is 11.9. The molecule has 0 amide bonds. The maximum atomic E-state index is 11.9. The molecule has 0 aliphatic heterocycles. The minimum atomic E-state index is -0.204. The number of hydroxylamine groups is 6. The van der Waals surface area contributed by atoms with Crippen molar-refractivity contribution in [1.29, 1.82) is 0 Å². The van der Waals surface area contributed by atoms with E-state index < -0.39 is 0 Å². The highest BCUT2D eigenvalue weighted by atomic mass is 16.6. The zero-order valence-electron chi connectivity index (χ0n) is 13.6. The van der Waals surface area contributed by atoms with Crippen LogP contribution in [0, 0.1) is 10.4 Å². The molecule has 0 bridgehead atoms. The summed E-state index contributed by atoms with van der Waals surface area (Å²) in [5.74, 6) is 0. The molecule has 6 nitrogen and oxygen atoms in total. The van der Waals surface area contributed by atoms with E-state index in [4.69, 9.17) is 9.47 Å². The molecule has 0 rings (SSSR count). The lowest BCUT2D eigenvalue weighted by Crippen LogP contribution is -2.44. The van der Waals surface area contributed by atoms with Crippen molar-refractivity contribution in [3.63, 3.8) is 0 Å². The largest absolute Gasteiger partial charge is 0.633 e. The van der Waals surface area contributed by atoms with Crippen molar-refractivity contribution in [3.05, 3.63) is 10.4 Å². The van der Waals surface area contributed by atoms with Gasteiger partial charge in [0, 0.05) is 0 Å². The van der Waals surface area contributed by atoms with Gasteiger partial charge in [-0.2, -0.15) is 0 Å². The molecule has 0 aliphatic rings. The molecule has 0 aromatic heterocycles. The molecule has 6 heteroatoms. The topological polar surface area (TPSA) is 64.6 Å². The number of rotatable bonds is 13. The van der Waals surface area contributed by atoms with Gasteiger partial charge in [0.25, 0.3) is 0 Å². The minimum absolute atomic E-state index is 0.204. The zero-order chi connectivity index (χ0) is 15.5. The predicted octanol–water partition coefficient (Wildman–Crippen LogP) is 1.73. The van der Waals surface area contributed by atoms with Crippen molar-refractivity contribution in [1.82, 2.24) is 0 Å². The summed E-state index contributed by atoms with van der Waals surface area (Å²) in [7, 11) is 0. The van der Waals surface area contributed by atoms with Gasteiger partial charge in [0.2, 0.25) is 0 Å². The first-order valence-electron chi connectivity index (χ1n) is 7.75. The summed E-state index contributed by atoms with van der Waals surface area (Å²) in [5.41, 5.74) is 0. The van der Waals surface area contributed by atoms with Crippen molar-refractivity contribution in [2.45, 2.75) is 27.7 Å². The minimum Gasteiger partial charge on any atom is -0.633 e. The van der Waals surface area contributed by atoms with Crippen LogP contribution in [-0.2, 0) is 9.47 Å². The molecule has 0 atom stereocenters. The van der Waals surface area contributed by atoms with Gasteiger partial charge in [0.1, 0.15) is 13.1 Å². The van der Waals surface area contributed by atoms with E-state index in [2.05, 4.69) is 0 Å². The monoisotopic (exact) mass is 292 g/mol. The van der Waals surface area contributed by atoms with Crippen LogP contribution >= 0.6 is 0 Å². The molecule has 0 aromatic carbocycles. The molecule has 20 heavy (non-hydrogen) atoms. The van der Waals surface area contributed by atoms with Gasteiger partial charge < -0.3 is 29.2 Å². The van der Waals surface area contributed by atoms with E-state index in [1.165, 1.54) is 0 Å². The van der Waals surface area contributed by atoms with Crippen molar-refractivity contribution in [3.8, 4) is 0 Å². The first kappa shape index (κ1) is 19.8. The number of likely N-dealkylation sites (N-methyl/N-ethyl adjacent to an activating group) is 2. The zero-order valence-corrected chi connectivity index (χ0v) is 13.6. The summed E-state index contributed by atoms with van der Waals surface area (Å²) in [6.07, 6.45) is 0. The van der Waals surface area contributed by atoms with Gasteiger partial charge in [-0.05, 0) is 27.7 Å². The maximum Gasteiger partial charge on any atom is 0.102 e. The van der Waals surface area contributed by atoms with Gasteiger partial charge in [-0.3, -0.25) is 0 Å². The van der Waals surface area contributed by atoms with Crippen molar-refractivity contribution in [2.75, 3.05) is 65.7 Å². The van der Waals surface area contributed by atoms with E-state index in [1.54, 1.807) is 0 Å².